The number of hydrogen-bond donors (Lipinski definition) is 0. The molecule has 0 aromatic heterocycles. The highest BCUT2D eigenvalue weighted by molar-refractivity contribution is 5.67. The Kier molecular flexibility index (Phi) is 8.33. The van der Waals surface area contributed by atoms with Crippen LogP contribution < -0.4 is 0 Å². The Morgan fingerprint density at radius 3 is 2.00 bits per heavy atom. The van der Waals surface area contributed by atoms with Gasteiger partial charge in [-0.1, -0.05) is 60.7 Å². The minimum absolute atomic E-state index is 0.111. The maximum absolute atomic E-state index is 14.5. The van der Waals surface area contributed by atoms with E-state index >= 15 is 0 Å². The number of carbonyl (C=O) groups excluding carboxylic acids is 2. The molecular formula is C24H27FO7. The van der Waals surface area contributed by atoms with Crippen LogP contribution in [0, 0.1) is 0 Å². The topological polar surface area (TPSA) is 80.3 Å². The molecule has 0 amide bonds. The van der Waals surface area contributed by atoms with Crippen molar-refractivity contribution in [2.24, 2.45) is 0 Å². The van der Waals surface area contributed by atoms with Crippen molar-refractivity contribution in [2.45, 2.75) is 51.2 Å². The van der Waals surface area contributed by atoms with E-state index in [1.165, 1.54) is 13.8 Å². The van der Waals surface area contributed by atoms with E-state index in [0.29, 0.717) is 0 Å². The van der Waals surface area contributed by atoms with Crippen LogP contribution in [0.4, 0.5) is 4.39 Å². The first kappa shape index (κ1) is 23.8. The van der Waals surface area contributed by atoms with E-state index in [1.807, 2.05) is 60.7 Å². The molecule has 172 valence electrons. The van der Waals surface area contributed by atoms with E-state index in [4.69, 9.17) is 23.7 Å². The smallest absolute Gasteiger partial charge is 0.305 e. The molecule has 1 saturated heterocycles. The molecule has 2 aromatic rings. The van der Waals surface area contributed by atoms with Crippen molar-refractivity contribution in [3.05, 3.63) is 71.8 Å². The van der Waals surface area contributed by atoms with Crippen molar-refractivity contribution in [1.29, 1.82) is 0 Å². The fourth-order valence-corrected chi connectivity index (χ4v) is 3.56. The van der Waals surface area contributed by atoms with Crippen LogP contribution in [0.2, 0.25) is 0 Å². The molecule has 0 radical (unpaired) electrons. The Balaban J connectivity index is 1.82. The molecule has 7 nitrogen and oxygen atoms in total. The average molecular weight is 446 g/mol. The van der Waals surface area contributed by atoms with Crippen molar-refractivity contribution in [3.63, 3.8) is 0 Å². The summed E-state index contributed by atoms with van der Waals surface area (Å²) in [6, 6.07) is 18.6. The van der Waals surface area contributed by atoms with Gasteiger partial charge in [0.1, 0.15) is 12.8 Å². The predicted molar refractivity (Wildman–Crippen MR) is 112 cm³/mol. The second-order valence-electron chi connectivity index (χ2n) is 7.56. The highest BCUT2D eigenvalue weighted by Gasteiger charge is 2.60. The summed E-state index contributed by atoms with van der Waals surface area (Å²) >= 11 is 0. The van der Waals surface area contributed by atoms with Crippen LogP contribution in [0.5, 0.6) is 0 Å². The maximum atomic E-state index is 14.5. The molecule has 2 aromatic carbocycles. The van der Waals surface area contributed by atoms with Gasteiger partial charge < -0.3 is 23.7 Å². The third kappa shape index (κ3) is 6.12. The molecule has 0 bridgehead atoms. The predicted octanol–water partition coefficient (Wildman–Crippen LogP) is 3.35. The van der Waals surface area contributed by atoms with Crippen LogP contribution in [0.1, 0.15) is 25.0 Å². The molecule has 1 unspecified atom stereocenters. The van der Waals surface area contributed by atoms with E-state index in [0.717, 1.165) is 11.1 Å². The minimum atomic E-state index is -1.64. The number of ether oxygens (including phenoxy) is 5. The summed E-state index contributed by atoms with van der Waals surface area (Å²) in [4.78, 5) is 23.4. The lowest BCUT2D eigenvalue weighted by Crippen LogP contribution is -2.51. The van der Waals surface area contributed by atoms with Gasteiger partial charge in [0.2, 0.25) is 6.29 Å². The van der Waals surface area contributed by atoms with E-state index < -0.39 is 42.7 Å². The number of hydrogen-bond acceptors (Lipinski definition) is 7. The third-order valence-corrected chi connectivity index (χ3v) is 4.98. The lowest BCUT2D eigenvalue weighted by Gasteiger charge is -2.32. The molecule has 0 spiro atoms. The van der Waals surface area contributed by atoms with Crippen molar-refractivity contribution in [2.75, 3.05) is 13.3 Å². The number of benzene rings is 2. The Bertz CT molecular complexity index is 876. The van der Waals surface area contributed by atoms with Crippen LogP contribution in [0.15, 0.2) is 60.7 Å². The molecule has 0 aliphatic carbocycles. The zero-order valence-corrected chi connectivity index (χ0v) is 18.1. The summed E-state index contributed by atoms with van der Waals surface area (Å²) in [5.41, 5.74) is 0.0985. The highest BCUT2D eigenvalue weighted by atomic mass is 19.1. The molecule has 1 heterocycles. The summed E-state index contributed by atoms with van der Waals surface area (Å²) in [6.07, 6.45) is -3.55. The Morgan fingerprint density at radius 2 is 1.47 bits per heavy atom. The first-order valence-electron chi connectivity index (χ1n) is 10.3. The molecular weight excluding hydrogens is 419 g/mol. The van der Waals surface area contributed by atoms with Gasteiger partial charge in [-0.25, -0.2) is 4.39 Å². The minimum Gasteiger partial charge on any atom is -0.453 e. The van der Waals surface area contributed by atoms with Crippen molar-refractivity contribution < 1.29 is 37.7 Å². The van der Waals surface area contributed by atoms with Crippen LogP contribution in [-0.2, 0) is 46.5 Å². The van der Waals surface area contributed by atoms with Gasteiger partial charge in [-0.3, -0.25) is 9.59 Å². The van der Waals surface area contributed by atoms with E-state index in [2.05, 4.69) is 0 Å². The molecule has 0 saturated carbocycles. The normalized spacial score (nSPS) is 24.8. The zero-order valence-electron chi connectivity index (χ0n) is 18.1. The van der Waals surface area contributed by atoms with Crippen LogP contribution >= 0.6 is 0 Å². The first-order chi connectivity index (χ1) is 15.4. The monoisotopic (exact) mass is 446 g/mol. The third-order valence-electron chi connectivity index (χ3n) is 4.98. The van der Waals surface area contributed by atoms with Crippen molar-refractivity contribution in [3.8, 4) is 0 Å². The summed E-state index contributed by atoms with van der Waals surface area (Å²) in [5.74, 6) is -1.29. The van der Waals surface area contributed by atoms with E-state index in [9.17, 15) is 14.0 Å². The fourth-order valence-electron chi connectivity index (χ4n) is 3.56. The van der Waals surface area contributed by atoms with Crippen molar-refractivity contribution in [1.82, 2.24) is 0 Å². The largest absolute Gasteiger partial charge is 0.453 e. The molecule has 8 heteroatoms. The SMILES string of the molecule is CC(=O)OC1O[C@](CF)(COCc2ccccc2)[C@H](OCc2ccccc2)[C@@H]1OC(C)=O. The molecule has 0 N–H and O–H groups in total. The van der Waals surface area contributed by atoms with Gasteiger partial charge in [-0.15, -0.1) is 0 Å². The quantitative estimate of drug-likeness (QED) is 0.518. The van der Waals surface area contributed by atoms with Gasteiger partial charge in [0.25, 0.3) is 0 Å². The molecule has 4 atom stereocenters. The van der Waals surface area contributed by atoms with E-state index in [1.54, 1.807) is 0 Å². The number of esters is 2. The number of halogens is 1. The van der Waals surface area contributed by atoms with Crippen LogP contribution in [0.25, 0.3) is 0 Å². The lowest BCUT2D eigenvalue weighted by molar-refractivity contribution is -0.214. The van der Waals surface area contributed by atoms with E-state index in [-0.39, 0.29) is 19.8 Å². The van der Waals surface area contributed by atoms with Crippen LogP contribution in [-0.4, -0.2) is 49.3 Å². The maximum Gasteiger partial charge on any atom is 0.305 e. The number of carbonyl (C=O) groups is 2. The molecule has 3 rings (SSSR count). The standard InChI is InChI=1S/C24H27FO7/c1-17(26)30-21-22(29-14-20-11-7-4-8-12-20)24(15-25,32-23(21)31-18(2)27)16-28-13-19-9-5-3-6-10-19/h3-12,21-23H,13-16H2,1-2H3/t21-,22+,23?,24+/m0/s1. The fraction of sp³-hybridized carbons (Fsp3) is 0.417. The second-order valence-corrected chi connectivity index (χ2v) is 7.56. The highest BCUT2D eigenvalue weighted by Crippen LogP contribution is 2.38. The Labute approximate surface area is 186 Å². The summed E-state index contributed by atoms with van der Waals surface area (Å²) < 4.78 is 42.6. The zero-order chi connectivity index (χ0) is 23.0. The second kappa shape index (κ2) is 11.2. The van der Waals surface area contributed by atoms with Gasteiger partial charge in [-0.2, -0.15) is 0 Å². The number of alkyl halides is 1. The van der Waals surface area contributed by atoms with Gasteiger partial charge >= 0.3 is 11.9 Å². The molecule has 1 fully saturated rings. The van der Waals surface area contributed by atoms with Gasteiger partial charge in [0.05, 0.1) is 19.8 Å². The Hall–Kier alpha value is -2.81. The van der Waals surface area contributed by atoms with Gasteiger partial charge in [0, 0.05) is 13.8 Å². The average Bonchev–Trinajstić information content (AvgIpc) is 3.05. The Morgan fingerprint density at radius 1 is 0.906 bits per heavy atom. The van der Waals surface area contributed by atoms with Crippen molar-refractivity contribution >= 4 is 11.9 Å². The first-order valence-corrected chi connectivity index (χ1v) is 10.3. The van der Waals surface area contributed by atoms with Crippen LogP contribution in [0.3, 0.4) is 0 Å². The van der Waals surface area contributed by atoms with Gasteiger partial charge in [0.15, 0.2) is 11.7 Å². The summed E-state index contributed by atoms with van der Waals surface area (Å²) in [6.45, 7) is 1.52. The molecule has 1 aliphatic rings. The summed E-state index contributed by atoms with van der Waals surface area (Å²) in [7, 11) is 0. The molecule has 1 aliphatic heterocycles. The lowest BCUT2D eigenvalue weighted by atomic mass is 9.97. The number of rotatable bonds is 10. The van der Waals surface area contributed by atoms with Gasteiger partial charge in [-0.05, 0) is 11.1 Å². The summed E-state index contributed by atoms with van der Waals surface area (Å²) in [5, 5.41) is 0. The molecule has 32 heavy (non-hydrogen) atoms.